The summed E-state index contributed by atoms with van der Waals surface area (Å²) in [6.07, 6.45) is 0.987. The van der Waals surface area contributed by atoms with Crippen molar-refractivity contribution in [2.24, 2.45) is 0 Å². The molecular weight excluding hydrogens is 260 g/mol. The zero-order valence-electron chi connectivity index (χ0n) is 12.2. The van der Waals surface area contributed by atoms with Gasteiger partial charge in [-0.25, -0.2) is 0 Å². The number of nitrogens with one attached hydrogen (secondary N) is 1. The normalized spacial score (nSPS) is 13.8. The van der Waals surface area contributed by atoms with Crippen molar-refractivity contribution in [1.29, 1.82) is 0 Å². The molecule has 0 amide bonds. The van der Waals surface area contributed by atoms with Gasteiger partial charge in [-0.1, -0.05) is 13.0 Å². The second kappa shape index (κ2) is 7.21. The number of nitrogens with zero attached hydrogens (tertiary/aromatic N) is 1. The van der Waals surface area contributed by atoms with Crippen LogP contribution in [0.1, 0.15) is 25.8 Å². The highest BCUT2D eigenvalue weighted by molar-refractivity contribution is 5.48. The van der Waals surface area contributed by atoms with Gasteiger partial charge in [0.1, 0.15) is 18.0 Å². The van der Waals surface area contributed by atoms with Crippen molar-refractivity contribution in [3.63, 3.8) is 0 Å². The van der Waals surface area contributed by atoms with Crippen LogP contribution in [0, 0.1) is 17.0 Å². The Morgan fingerprint density at radius 2 is 2.20 bits per heavy atom. The molecule has 0 aliphatic rings. The molecule has 0 aliphatic carbocycles. The standard InChI is InChI=1S/C14H22N2O4/c1-4-8-15-9-14(3,17)10-20-13-7-5-6-12(11(13)2)16(18)19/h5-7,15,17H,4,8-10H2,1-3H3. The lowest BCUT2D eigenvalue weighted by Gasteiger charge is -2.24. The summed E-state index contributed by atoms with van der Waals surface area (Å²) in [6, 6.07) is 4.67. The minimum absolute atomic E-state index is 0.0197. The number of nitro benzene ring substituents is 1. The predicted octanol–water partition coefficient (Wildman–Crippen LogP) is 2.03. The molecule has 0 bridgehead atoms. The first-order chi connectivity index (χ1) is 9.37. The van der Waals surface area contributed by atoms with Gasteiger partial charge in [0, 0.05) is 12.6 Å². The Hall–Kier alpha value is -1.66. The number of nitro groups is 1. The Morgan fingerprint density at radius 1 is 1.50 bits per heavy atom. The van der Waals surface area contributed by atoms with E-state index >= 15 is 0 Å². The van der Waals surface area contributed by atoms with E-state index < -0.39 is 10.5 Å². The quantitative estimate of drug-likeness (QED) is 0.433. The summed E-state index contributed by atoms with van der Waals surface area (Å²) >= 11 is 0. The number of hydrogen-bond donors (Lipinski definition) is 2. The number of hydrogen-bond acceptors (Lipinski definition) is 5. The smallest absolute Gasteiger partial charge is 0.276 e. The van der Waals surface area contributed by atoms with E-state index in [0.29, 0.717) is 17.9 Å². The van der Waals surface area contributed by atoms with Gasteiger partial charge in [-0.2, -0.15) is 0 Å². The van der Waals surface area contributed by atoms with E-state index in [2.05, 4.69) is 5.32 Å². The maximum absolute atomic E-state index is 10.8. The molecule has 0 spiro atoms. The second-order valence-electron chi connectivity index (χ2n) is 5.12. The van der Waals surface area contributed by atoms with E-state index in [-0.39, 0.29) is 12.3 Å². The molecule has 0 saturated carbocycles. The first-order valence-corrected chi connectivity index (χ1v) is 6.67. The zero-order chi connectivity index (χ0) is 15.2. The van der Waals surface area contributed by atoms with Crippen LogP contribution in [0.5, 0.6) is 5.75 Å². The number of ether oxygens (including phenoxy) is 1. The van der Waals surface area contributed by atoms with Crippen LogP contribution < -0.4 is 10.1 Å². The van der Waals surface area contributed by atoms with Gasteiger partial charge in [-0.05, 0) is 32.9 Å². The van der Waals surface area contributed by atoms with Crippen molar-refractivity contribution in [2.75, 3.05) is 19.7 Å². The molecule has 0 fully saturated rings. The minimum atomic E-state index is -1.02. The van der Waals surface area contributed by atoms with Crippen molar-refractivity contribution < 1.29 is 14.8 Å². The van der Waals surface area contributed by atoms with Crippen LogP contribution in [0.2, 0.25) is 0 Å². The molecule has 0 aromatic heterocycles. The highest BCUT2D eigenvalue weighted by atomic mass is 16.6. The van der Waals surface area contributed by atoms with E-state index in [9.17, 15) is 15.2 Å². The Labute approximate surface area is 118 Å². The van der Waals surface area contributed by atoms with Crippen LogP contribution in [-0.2, 0) is 0 Å². The zero-order valence-corrected chi connectivity index (χ0v) is 12.2. The monoisotopic (exact) mass is 282 g/mol. The van der Waals surface area contributed by atoms with Crippen LogP contribution in [0.4, 0.5) is 5.69 Å². The van der Waals surface area contributed by atoms with Crippen molar-refractivity contribution >= 4 is 5.69 Å². The van der Waals surface area contributed by atoms with E-state index in [1.165, 1.54) is 6.07 Å². The summed E-state index contributed by atoms with van der Waals surface area (Å²) in [7, 11) is 0. The average molecular weight is 282 g/mol. The number of benzene rings is 1. The molecule has 0 radical (unpaired) electrons. The fraction of sp³-hybridized carbons (Fsp3) is 0.571. The summed E-state index contributed by atoms with van der Waals surface area (Å²) in [5.74, 6) is 0.426. The molecule has 6 nitrogen and oxygen atoms in total. The molecule has 1 aromatic carbocycles. The highest BCUT2D eigenvalue weighted by Gasteiger charge is 2.22. The molecule has 1 aromatic rings. The van der Waals surface area contributed by atoms with Crippen LogP contribution in [0.3, 0.4) is 0 Å². The lowest BCUT2D eigenvalue weighted by Crippen LogP contribution is -2.43. The molecule has 0 heterocycles. The van der Waals surface area contributed by atoms with Crippen LogP contribution in [0.15, 0.2) is 18.2 Å². The number of aliphatic hydroxyl groups is 1. The summed E-state index contributed by atoms with van der Waals surface area (Å²) in [6.45, 7) is 6.66. The molecule has 0 saturated heterocycles. The molecule has 6 heteroatoms. The lowest BCUT2D eigenvalue weighted by atomic mass is 10.1. The fourth-order valence-electron chi connectivity index (χ4n) is 1.78. The van der Waals surface area contributed by atoms with Gasteiger partial charge in [0.15, 0.2) is 0 Å². The van der Waals surface area contributed by atoms with Crippen LogP contribution in [-0.4, -0.2) is 35.3 Å². The molecule has 1 atom stereocenters. The summed E-state index contributed by atoms with van der Waals surface area (Å²) in [5.41, 5.74) is -0.534. The van der Waals surface area contributed by atoms with Crippen molar-refractivity contribution in [2.45, 2.75) is 32.8 Å². The van der Waals surface area contributed by atoms with Gasteiger partial charge in [0.25, 0.3) is 5.69 Å². The first kappa shape index (κ1) is 16.4. The average Bonchev–Trinajstić information content (AvgIpc) is 2.37. The second-order valence-corrected chi connectivity index (χ2v) is 5.12. The summed E-state index contributed by atoms with van der Waals surface area (Å²) in [5, 5.41) is 24.1. The molecule has 1 unspecified atom stereocenters. The third-order valence-electron chi connectivity index (χ3n) is 2.92. The van der Waals surface area contributed by atoms with Crippen molar-refractivity contribution in [1.82, 2.24) is 5.32 Å². The SMILES string of the molecule is CCCNCC(C)(O)COc1cccc([N+](=O)[O-])c1C. The van der Waals surface area contributed by atoms with E-state index in [4.69, 9.17) is 4.74 Å². The van der Waals surface area contributed by atoms with Crippen molar-refractivity contribution in [3.8, 4) is 5.75 Å². The molecular formula is C14H22N2O4. The molecule has 1 rings (SSSR count). The Kier molecular flexibility index (Phi) is 5.91. The molecule has 0 aliphatic heterocycles. The lowest BCUT2D eigenvalue weighted by molar-refractivity contribution is -0.385. The van der Waals surface area contributed by atoms with Gasteiger partial charge < -0.3 is 15.2 Å². The van der Waals surface area contributed by atoms with Crippen LogP contribution in [0.25, 0.3) is 0 Å². The van der Waals surface area contributed by atoms with Crippen molar-refractivity contribution in [3.05, 3.63) is 33.9 Å². The highest BCUT2D eigenvalue weighted by Crippen LogP contribution is 2.27. The topological polar surface area (TPSA) is 84.6 Å². The third kappa shape index (κ3) is 4.79. The summed E-state index contributed by atoms with van der Waals surface area (Å²) in [4.78, 5) is 10.4. The van der Waals surface area contributed by atoms with E-state index in [1.54, 1.807) is 26.0 Å². The third-order valence-corrected chi connectivity index (χ3v) is 2.92. The van der Waals surface area contributed by atoms with Gasteiger partial charge in [-0.3, -0.25) is 10.1 Å². The Bertz CT molecular complexity index is 460. The number of rotatable bonds is 8. The molecule has 20 heavy (non-hydrogen) atoms. The van der Waals surface area contributed by atoms with E-state index in [1.807, 2.05) is 6.92 Å². The Morgan fingerprint density at radius 3 is 2.80 bits per heavy atom. The fourth-order valence-corrected chi connectivity index (χ4v) is 1.78. The van der Waals surface area contributed by atoms with Gasteiger partial charge in [0.2, 0.25) is 0 Å². The maximum Gasteiger partial charge on any atom is 0.276 e. The van der Waals surface area contributed by atoms with Gasteiger partial charge >= 0.3 is 0 Å². The Balaban J connectivity index is 2.65. The van der Waals surface area contributed by atoms with E-state index in [0.717, 1.165) is 13.0 Å². The largest absolute Gasteiger partial charge is 0.490 e. The first-order valence-electron chi connectivity index (χ1n) is 6.67. The van der Waals surface area contributed by atoms with Crippen LogP contribution >= 0.6 is 0 Å². The molecule has 2 N–H and O–H groups in total. The summed E-state index contributed by atoms with van der Waals surface area (Å²) < 4.78 is 5.53. The van der Waals surface area contributed by atoms with Gasteiger partial charge in [0.05, 0.1) is 10.5 Å². The van der Waals surface area contributed by atoms with Gasteiger partial charge in [-0.15, -0.1) is 0 Å². The predicted molar refractivity (Wildman–Crippen MR) is 77.1 cm³/mol. The maximum atomic E-state index is 10.8. The minimum Gasteiger partial charge on any atom is -0.490 e. The molecule has 112 valence electrons.